The smallest absolute Gasteiger partial charge is 0.253 e. The zero-order valence-corrected chi connectivity index (χ0v) is 15.1. The van der Waals surface area contributed by atoms with E-state index in [0.717, 1.165) is 59.1 Å². The maximum Gasteiger partial charge on any atom is 0.253 e. The van der Waals surface area contributed by atoms with Crippen LogP contribution < -0.4 is 0 Å². The van der Waals surface area contributed by atoms with E-state index < -0.39 is 0 Å². The molecule has 0 unspecified atom stereocenters. The Labute approximate surface area is 157 Å². The van der Waals surface area contributed by atoms with Gasteiger partial charge in [-0.05, 0) is 47.9 Å². The molecule has 5 rings (SSSR count). The van der Waals surface area contributed by atoms with Crippen molar-refractivity contribution in [3.8, 4) is 0 Å². The second kappa shape index (κ2) is 6.54. The van der Waals surface area contributed by atoms with Crippen LogP contribution in [-0.2, 0) is 0 Å². The average Bonchev–Trinajstić information content (AvgIpc) is 3.17. The summed E-state index contributed by atoms with van der Waals surface area (Å²) >= 11 is 0. The van der Waals surface area contributed by atoms with Gasteiger partial charge in [0, 0.05) is 24.6 Å². The van der Waals surface area contributed by atoms with E-state index in [1.165, 1.54) is 0 Å². The molecule has 1 amide bonds. The Hall–Kier alpha value is -3.14. The van der Waals surface area contributed by atoms with Crippen molar-refractivity contribution in [2.75, 3.05) is 13.1 Å². The van der Waals surface area contributed by atoms with Crippen LogP contribution in [0.25, 0.3) is 21.8 Å². The Morgan fingerprint density at radius 2 is 1.67 bits per heavy atom. The third-order valence-corrected chi connectivity index (χ3v) is 5.57. The van der Waals surface area contributed by atoms with E-state index in [2.05, 4.69) is 23.2 Å². The summed E-state index contributed by atoms with van der Waals surface area (Å²) in [7, 11) is 0. The van der Waals surface area contributed by atoms with Gasteiger partial charge in [0.15, 0.2) is 0 Å². The molecule has 4 aromatic rings. The first-order valence-electron chi connectivity index (χ1n) is 9.51. The number of hydrogen-bond donors (Lipinski definition) is 1. The molecule has 4 heteroatoms. The van der Waals surface area contributed by atoms with Crippen LogP contribution in [-0.4, -0.2) is 33.9 Å². The number of amides is 1. The van der Waals surface area contributed by atoms with Gasteiger partial charge in [0.25, 0.3) is 5.91 Å². The normalized spacial score (nSPS) is 15.5. The van der Waals surface area contributed by atoms with Crippen LogP contribution in [0.5, 0.6) is 0 Å². The van der Waals surface area contributed by atoms with Gasteiger partial charge in [0.1, 0.15) is 5.82 Å². The number of H-pyrrole nitrogens is 1. The number of fused-ring (bicyclic) bond motifs is 2. The van der Waals surface area contributed by atoms with Gasteiger partial charge in [-0.15, -0.1) is 0 Å². The minimum absolute atomic E-state index is 0.129. The fourth-order valence-electron chi connectivity index (χ4n) is 4.03. The van der Waals surface area contributed by atoms with Crippen LogP contribution >= 0.6 is 0 Å². The number of aromatic amines is 1. The lowest BCUT2D eigenvalue weighted by Crippen LogP contribution is -2.38. The fraction of sp³-hybridized carbons (Fsp3) is 0.217. The number of benzene rings is 3. The van der Waals surface area contributed by atoms with E-state index >= 15 is 0 Å². The van der Waals surface area contributed by atoms with Crippen molar-refractivity contribution in [2.45, 2.75) is 18.8 Å². The summed E-state index contributed by atoms with van der Waals surface area (Å²) in [4.78, 5) is 23.1. The summed E-state index contributed by atoms with van der Waals surface area (Å²) in [5, 5.41) is 2.28. The highest BCUT2D eigenvalue weighted by molar-refractivity contribution is 5.98. The molecule has 134 valence electrons. The van der Waals surface area contributed by atoms with E-state index in [-0.39, 0.29) is 5.91 Å². The quantitative estimate of drug-likeness (QED) is 0.565. The largest absolute Gasteiger partial charge is 0.342 e. The minimum Gasteiger partial charge on any atom is -0.342 e. The third kappa shape index (κ3) is 2.97. The van der Waals surface area contributed by atoms with Gasteiger partial charge in [-0.2, -0.15) is 0 Å². The Balaban J connectivity index is 1.31. The highest BCUT2D eigenvalue weighted by Gasteiger charge is 2.26. The molecule has 0 radical (unpaired) electrons. The molecule has 1 saturated heterocycles. The molecule has 0 atom stereocenters. The highest BCUT2D eigenvalue weighted by Crippen LogP contribution is 2.28. The summed E-state index contributed by atoms with van der Waals surface area (Å²) in [6, 6.07) is 22.3. The van der Waals surface area contributed by atoms with Crippen molar-refractivity contribution < 1.29 is 4.79 Å². The summed E-state index contributed by atoms with van der Waals surface area (Å²) < 4.78 is 0. The number of nitrogens with one attached hydrogen (secondary N) is 1. The number of carbonyl (C=O) groups excluding carboxylic acids is 1. The van der Waals surface area contributed by atoms with E-state index in [1.54, 1.807) is 0 Å². The first-order chi connectivity index (χ1) is 13.3. The first kappa shape index (κ1) is 16.1. The summed E-state index contributed by atoms with van der Waals surface area (Å²) in [6.07, 6.45) is 1.89. The summed E-state index contributed by atoms with van der Waals surface area (Å²) in [5.74, 6) is 1.57. The van der Waals surface area contributed by atoms with Gasteiger partial charge in [-0.3, -0.25) is 4.79 Å². The number of rotatable bonds is 2. The van der Waals surface area contributed by atoms with Crippen LogP contribution in [0.15, 0.2) is 66.7 Å². The first-order valence-corrected chi connectivity index (χ1v) is 9.51. The molecule has 1 aliphatic rings. The lowest BCUT2D eigenvalue weighted by Gasteiger charge is -2.31. The molecule has 0 saturated carbocycles. The van der Waals surface area contributed by atoms with E-state index in [1.807, 2.05) is 53.4 Å². The molecule has 1 N–H and O–H groups in total. The van der Waals surface area contributed by atoms with Crippen LogP contribution in [0, 0.1) is 0 Å². The third-order valence-electron chi connectivity index (χ3n) is 5.57. The minimum atomic E-state index is 0.129. The van der Waals surface area contributed by atoms with Crippen molar-refractivity contribution >= 4 is 27.7 Å². The molecule has 2 heterocycles. The van der Waals surface area contributed by atoms with Crippen LogP contribution in [0.1, 0.15) is 34.9 Å². The van der Waals surface area contributed by atoms with Crippen LogP contribution in [0.2, 0.25) is 0 Å². The molecular weight excluding hydrogens is 334 g/mol. The van der Waals surface area contributed by atoms with Gasteiger partial charge < -0.3 is 9.88 Å². The monoisotopic (exact) mass is 355 g/mol. The van der Waals surface area contributed by atoms with Crippen LogP contribution in [0.3, 0.4) is 0 Å². The zero-order chi connectivity index (χ0) is 18.2. The summed E-state index contributed by atoms with van der Waals surface area (Å²) in [6.45, 7) is 1.54. The average molecular weight is 355 g/mol. The highest BCUT2D eigenvalue weighted by atomic mass is 16.2. The number of hydrogen-bond acceptors (Lipinski definition) is 2. The molecule has 1 aliphatic heterocycles. The Morgan fingerprint density at radius 1 is 0.926 bits per heavy atom. The Kier molecular flexibility index (Phi) is 3.89. The zero-order valence-electron chi connectivity index (χ0n) is 15.1. The summed E-state index contributed by atoms with van der Waals surface area (Å²) in [5.41, 5.74) is 2.88. The fourth-order valence-corrected chi connectivity index (χ4v) is 4.03. The molecule has 1 aromatic heterocycles. The predicted molar refractivity (Wildman–Crippen MR) is 108 cm³/mol. The van der Waals surface area contributed by atoms with Crippen molar-refractivity contribution in [1.29, 1.82) is 0 Å². The standard InChI is InChI=1S/C23H21N3O/c27-23(19-10-9-16-5-1-2-6-18(16)15-19)26-13-11-17(12-14-26)22-24-20-7-3-4-8-21(20)25-22/h1-10,15,17H,11-14H2,(H,24,25). The van der Waals surface area contributed by atoms with Gasteiger partial charge >= 0.3 is 0 Å². The number of para-hydroxylation sites is 2. The molecule has 0 bridgehead atoms. The second-order valence-corrected chi connectivity index (χ2v) is 7.27. The maximum absolute atomic E-state index is 12.9. The second-order valence-electron chi connectivity index (χ2n) is 7.27. The lowest BCUT2D eigenvalue weighted by atomic mass is 9.95. The van der Waals surface area contributed by atoms with Crippen molar-refractivity contribution in [3.63, 3.8) is 0 Å². The van der Waals surface area contributed by atoms with Crippen LogP contribution in [0.4, 0.5) is 0 Å². The number of imidazole rings is 1. The van der Waals surface area contributed by atoms with E-state index in [9.17, 15) is 4.79 Å². The van der Waals surface area contributed by atoms with Gasteiger partial charge in [-0.1, -0.05) is 42.5 Å². The SMILES string of the molecule is O=C(c1ccc2ccccc2c1)N1CCC(c2nc3ccccc3[nH]2)CC1. The van der Waals surface area contributed by atoms with Gasteiger partial charge in [0.2, 0.25) is 0 Å². The molecule has 1 fully saturated rings. The van der Waals surface area contributed by atoms with Gasteiger partial charge in [0.05, 0.1) is 11.0 Å². The number of piperidine rings is 1. The van der Waals surface area contributed by atoms with Crippen molar-refractivity contribution in [1.82, 2.24) is 14.9 Å². The predicted octanol–water partition coefficient (Wildman–Crippen LogP) is 4.74. The Bertz CT molecular complexity index is 1090. The van der Waals surface area contributed by atoms with Crippen molar-refractivity contribution in [2.24, 2.45) is 0 Å². The van der Waals surface area contributed by atoms with Crippen molar-refractivity contribution in [3.05, 3.63) is 78.1 Å². The topological polar surface area (TPSA) is 49.0 Å². The van der Waals surface area contributed by atoms with E-state index in [4.69, 9.17) is 4.98 Å². The molecule has 27 heavy (non-hydrogen) atoms. The maximum atomic E-state index is 12.9. The number of nitrogens with zero attached hydrogens (tertiary/aromatic N) is 2. The van der Waals surface area contributed by atoms with Gasteiger partial charge in [-0.25, -0.2) is 4.98 Å². The lowest BCUT2D eigenvalue weighted by molar-refractivity contribution is 0.0711. The molecule has 0 spiro atoms. The molecule has 3 aromatic carbocycles. The molecule has 0 aliphatic carbocycles. The van der Waals surface area contributed by atoms with E-state index in [0.29, 0.717) is 5.92 Å². The molecular formula is C23H21N3O. The number of aromatic nitrogens is 2. The number of carbonyl (C=O) groups is 1. The Morgan fingerprint density at radius 3 is 2.48 bits per heavy atom. The number of likely N-dealkylation sites (tertiary alicyclic amines) is 1. The molecule has 4 nitrogen and oxygen atoms in total.